The highest BCUT2D eigenvalue weighted by molar-refractivity contribution is 5.67. The third-order valence-electron chi connectivity index (χ3n) is 3.66. The van der Waals surface area contributed by atoms with Gasteiger partial charge in [0.05, 0.1) is 0 Å². The van der Waals surface area contributed by atoms with Crippen molar-refractivity contribution in [1.82, 2.24) is 0 Å². The molecule has 92 valence electrons. The van der Waals surface area contributed by atoms with E-state index in [0.717, 1.165) is 31.2 Å². The van der Waals surface area contributed by atoms with Gasteiger partial charge in [0.15, 0.2) is 0 Å². The van der Waals surface area contributed by atoms with Gasteiger partial charge in [-0.2, -0.15) is 0 Å². The van der Waals surface area contributed by atoms with Crippen molar-refractivity contribution in [1.29, 1.82) is 0 Å². The molecule has 0 heterocycles. The van der Waals surface area contributed by atoms with E-state index >= 15 is 0 Å². The van der Waals surface area contributed by atoms with Crippen LogP contribution in [0.5, 0.6) is 0 Å². The molecular formula is C14H17FO2. The molecule has 0 atom stereocenters. The second kappa shape index (κ2) is 5.30. The molecule has 3 heteroatoms. The Morgan fingerprint density at radius 1 is 1.24 bits per heavy atom. The Bertz CT molecular complexity index is 395. The van der Waals surface area contributed by atoms with Gasteiger partial charge in [0, 0.05) is 6.42 Å². The average Bonchev–Trinajstić information content (AvgIpc) is 2.30. The van der Waals surface area contributed by atoms with Gasteiger partial charge < -0.3 is 5.11 Å². The van der Waals surface area contributed by atoms with Gasteiger partial charge in [-0.05, 0) is 49.1 Å². The Morgan fingerprint density at radius 2 is 1.88 bits per heavy atom. The van der Waals surface area contributed by atoms with Gasteiger partial charge >= 0.3 is 5.97 Å². The molecular weight excluding hydrogens is 219 g/mol. The second-order valence-corrected chi connectivity index (χ2v) is 4.84. The van der Waals surface area contributed by atoms with E-state index in [-0.39, 0.29) is 24.1 Å². The Kier molecular flexibility index (Phi) is 3.77. The van der Waals surface area contributed by atoms with E-state index in [1.165, 1.54) is 6.07 Å². The summed E-state index contributed by atoms with van der Waals surface area (Å²) in [6.07, 6.45) is 3.85. The zero-order valence-corrected chi connectivity index (χ0v) is 9.73. The summed E-state index contributed by atoms with van der Waals surface area (Å²) in [4.78, 5) is 10.6. The van der Waals surface area contributed by atoms with Gasteiger partial charge in [0.25, 0.3) is 0 Å². The fourth-order valence-electron chi connectivity index (χ4n) is 2.73. The molecule has 0 unspecified atom stereocenters. The summed E-state index contributed by atoms with van der Waals surface area (Å²) in [5, 5.41) is 8.73. The highest BCUT2D eigenvalue weighted by Crippen LogP contribution is 2.37. The molecule has 0 bridgehead atoms. The first kappa shape index (κ1) is 12.1. The van der Waals surface area contributed by atoms with Crippen LogP contribution in [0.3, 0.4) is 0 Å². The SMILES string of the molecule is O=C(O)CC1CCC(c2ccccc2F)CC1. The molecule has 1 aliphatic rings. The van der Waals surface area contributed by atoms with Crippen molar-refractivity contribution in [3.63, 3.8) is 0 Å². The number of halogens is 1. The minimum Gasteiger partial charge on any atom is -0.481 e. The molecule has 2 nitrogen and oxygen atoms in total. The summed E-state index contributed by atoms with van der Waals surface area (Å²) in [5.74, 6) is -0.315. The lowest BCUT2D eigenvalue weighted by Gasteiger charge is -2.28. The quantitative estimate of drug-likeness (QED) is 0.871. The van der Waals surface area contributed by atoms with Gasteiger partial charge in [0.1, 0.15) is 5.82 Å². The molecule has 2 rings (SSSR count). The topological polar surface area (TPSA) is 37.3 Å². The lowest BCUT2D eigenvalue weighted by molar-refractivity contribution is -0.138. The third-order valence-corrected chi connectivity index (χ3v) is 3.66. The first-order valence-electron chi connectivity index (χ1n) is 6.13. The molecule has 1 N–H and O–H groups in total. The van der Waals surface area contributed by atoms with Gasteiger partial charge in [-0.15, -0.1) is 0 Å². The molecule has 1 aliphatic carbocycles. The molecule has 0 radical (unpaired) electrons. The summed E-state index contributed by atoms with van der Waals surface area (Å²) in [6, 6.07) is 6.91. The minimum absolute atomic E-state index is 0.130. The van der Waals surface area contributed by atoms with E-state index in [0.29, 0.717) is 0 Å². The Labute approximate surface area is 100 Å². The van der Waals surface area contributed by atoms with E-state index in [1.807, 2.05) is 12.1 Å². The molecule has 1 fully saturated rings. The Hall–Kier alpha value is -1.38. The molecule has 0 saturated heterocycles. The highest BCUT2D eigenvalue weighted by Gasteiger charge is 2.25. The van der Waals surface area contributed by atoms with Crippen LogP contribution in [-0.2, 0) is 4.79 Å². The van der Waals surface area contributed by atoms with E-state index in [9.17, 15) is 9.18 Å². The van der Waals surface area contributed by atoms with Gasteiger partial charge in [0.2, 0.25) is 0 Å². The van der Waals surface area contributed by atoms with Crippen LogP contribution in [-0.4, -0.2) is 11.1 Å². The lowest BCUT2D eigenvalue weighted by Crippen LogP contribution is -2.16. The van der Waals surface area contributed by atoms with E-state index in [2.05, 4.69) is 0 Å². The Balaban J connectivity index is 1.95. The first-order chi connectivity index (χ1) is 8.16. The van der Waals surface area contributed by atoms with Crippen molar-refractivity contribution in [2.75, 3.05) is 0 Å². The number of carboxylic acids is 1. The van der Waals surface area contributed by atoms with Crippen LogP contribution in [0.25, 0.3) is 0 Å². The first-order valence-corrected chi connectivity index (χ1v) is 6.13. The van der Waals surface area contributed by atoms with Crippen LogP contribution in [0.2, 0.25) is 0 Å². The maximum absolute atomic E-state index is 13.6. The summed E-state index contributed by atoms with van der Waals surface area (Å²) in [6.45, 7) is 0. The number of aliphatic carboxylic acids is 1. The van der Waals surface area contributed by atoms with Crippen molar-refractivity contribution in [2.45, 2.75) is 38.0 Å². The number of hydrogen-bond acceptors (Lipinski definition) is 1. The van der Waals surface area contributed by atoms with Crippen LogP contribution in [0.4, 0.5) is 4.39 Å². The van der Waals surface area contributed by atoms with Crippen molar-refractivity contribution < 1.29 is 14.3 Å². The maximum atomic E-state index is 13.6. The van der Waals surface area contributed by atoms with E-state index < -0.39 is 5.97 Å². The van der Waals surface area contributed by atoms with E-state index in [4.69, 9.17) is 5.11 Å². The minimum atomic E-state index is -0.723. The largest absolute Gasteiger partial charge is 0.481 e. The lowest BCUT2D eigenvalue weighted by atomic mass is 9.77. The van der Waals surface area contributed by atoms with Crippen LogP contribution < -0.4 is 0 Å². The van der Waals surface area contributed by atoms with Crippen LogP contribution in [0.15, 0.2) is 24.3 Å². The van der Waals surface area contributed by atoms with Crippen LogP contribution >= 0.6 is 0 Å². The molecule has 0 aromatic heterocycles. The zero-order chi connectivity index (χ0) is 12.3. The number of carboxylic acid groups (broad SMARTS) is 1. The smallest absolute Gasteiger partial charge is 0.303 e. The van der Waals surface area contributed by atoms with Crippen LogP contribution in [0, 0.1) is 11.7 Å². The molecule has 0 aliphatic heterocycles. The predicted octanol–water partition coefficient (Wildman–Crippen LogP) is 3.57. The summed E-state index contributed by atoms with van der Waals surface area (Å²) in [5.41, 5.74) is 0.793. The standard InChI is InChI=1S/C14H17FO2/c15-13-4-2-1-3-12(13)11-7-5-10(6-8-11)9-14(16)17/h1-4,10-11H,5-9H2,(H,16,17). The molecule has 1 aromatic carbocycles. The van der Waals surface area contributed by atoms with Crippen LogP contribution in [0.1, 0.15) is 43.6 Å². The normalized spacial score (nSPS) is 24.5. The zero-order valence-electron chi connectivity index (χ0n) is 9.73. The third kappa shape index (κ3) is 3.05. The van der Waals surface area contributed by atoms with Crippen molar-refractivity contribution in [2.24, 2.45) is 5.92 Å². The van der Waals surface area contributed by atoms with Gasteiger partial charge in [-0.1, -0.05) is 18.2 Å². The van der Waals surface area contributed by atoms with Crippen molar-refractivity contribution in [3.05, 3.63) is 35.6 Å². The van der Waals surface area contributed by atoms with E-state index in [1.54, 1.807) is 6.07 Å². The molecule has 1 saturated carbocycles. The highest BCUT2D eigenvalue weighted by atomic mass is 19.1. The summed E-state index contributed by atoms with van der Waals surface area (Å²) in [7, 11) is 0. The fraction of sp³-hybridized carbons (Fsp3) is 0.500. The van der Waals surface area contributed by atoms with Gasteiger partial charge in [-0.3, -0.25) is 4.79 Å². The monoisotopic (exact) mass is 236 g/mol. The average molecular weight is 236 g/mol. The molecule has 1 aromatic rings. The maximum Gasteiger partial charge on any atom is 0.303 e. The molecule has 0 amide bonds. The molecule has 17 heavy (non-hydrogen) atoms. The van der Waals surface area contributed by atoms with Gasteiger partial charge in [-0.25, -0.2) is 4.39 Å². The number of benzene rings is 1. The Morgan fingerprint density at radius 3 is 2.47 bits per heavy atom. The summed E-state index contributed by atoms with van der Waals surface area (Å²) >= 11 is 0. The summed E-state index contributed by atoms with van der Waals surface area (Å²) < 4.78 is 13.6. The molecule has 0 spiro atoms. The number of carbonyl (C=O) groups is 1. The second-order valence-electron chi connectivity index (χ2n) is 4.84. The predicted molar refractivity (Wildman–Crippen MR) is 63.4 cm³/mol. The van der Waals surface area contributed by atoms with Crippen molar-refractivity contribution in [3.8, 4) is 0 Å². The number of hydrogen-bond donors (Lipinski definition) is 1. The number of rotatable bonds is 3. The van der Waals surface area contributed by atoms with Crippen molar-refractivity contribution >= 4 is 5.97 Å². The fourth-order valence-corrected chi connectivity index (χ4v) is 2.73.